The lowest BCUT2D eigenvalue weighted by atomic mass is 9.89. The zero-order valence-corrected chi connectivity index (χ0v) is 11.4. The molecule has 0 spiro atoms. The SMILES string of the molecule is O=C(O)[C@@H]1CN(C(=O)c2ccc[nH]2)C[C@H]1c1ccccc1. The quantitative estimate of drug-likeness (QED) is 0.904. The average Bonchev–Trinajstić information content (AvgIpc) is 3.17. The molecule has 1 amide bonds. The maximum absolute atomic E-state index is 12.4. The van der Waals surface area contributed by atoms with Gasteiger partial charge in [0.25, 0.3) is 5.91 Å². The van der Waals surface area contributed by atoms with E-state index < -0.39 is 11.9 Å². The molecule has 1 saturated heterocycles. The molecule has 0 saturated carbocycles. The molecule has 1 fully saturated rings. The van der Waals surface area contributed by atoms with Gasteiger partial charge in [0.05, 0.1) is 5.92 Å². The molecule has 2 heterocycles. The standard InChI is InChI=1S/C16H16N2O3/c19-15(14-7-4-8-17-14)18-9-12(13(10-18)16(20)21)11-5-2-1-3-6-11/h1-8,12-13,17H,9-10H2,(H,20,21)/t12-,13+/m0/s1. The molecular weight excluding hydrogens is 268 g/mol. The molecular formula is C16H16N2O3. The number of carbonyl (C=O) groups is 2. The Hall–Kier alpha value is -2.56. The largest absolute Gasteiger partial charge is 0.481 e. The number of amides is 1. The molecule has 2 aromatic rings. The van der Waals surface area contributed by atoms with Crippen molar-refractivity contribution in [1.29, 1.82) is 0 Å². The van der Waals surface area contributed by atoms with Crippen LogP contribution in [0.25, 0.3) is 0 Å². The number of carboxylic acid groups (broad SMARTS) is 1. The summed E-state index contributed by atoms with van der Waals surface area (Å²) in [5.41, 5.74) is 1.46. The number of aliphatic carboxylic acids is 1. The van der Waals surface area contributed by atoms with Crippen molar-refractivity contribution in [2.24, 2.45) is 5.92 Å². The van der Waals surface area contributed by atoms with Crippen LogP contribution in [0, 0.1) is 5.92 Å². The molecule has 1 aliphatic heterocycles. The molecule has 2 atom stereocenters. The zero-order chi connectivity index (χ0) is 14.8. The number of nitrogens with one attached hydrogen (secondary N) is 1. The average molecular weight is 284 g/mol. The lowest BCUT2D eigenvalue weighted by Crippen LogP contribution is -2.30. The van der Waals surface area contributed by atoms with Crippen LogP contribution in [0.5, 0.6) is 0 Å². The summed E-state index contributed by atoms with van der Waals surface area (Å²) >= 11 is 0. The monoisotopic (exact) mass is 284 g/mol. The van der Waals surface area contributed by atoms with E-state index in [1.807, 2.05) is 30.3 Å². The molecule has 1 aromatic carbocycles. The second-order valence-electron chi connectivity index (χ2n) is 5.26. The molecule has 5 heteroatoms. The molecule has 5 nitrogen and oxygen atoms in total. The van der Waals surface area contributed by atoms with Crippen LogP contribution in [-0.4, -0.2) is 40.0 Å². The van der Waals surface area contributed by atoms with E-state index in [1.54, 1.807) is 23.2 Å². The number of hydrogen-bond donors (Lipinski definition) is 2. The van der Waals surface area contributed by atoms with Crippen molar-refractivity contribution >= 4 is 11.9 Å². The molecule has 108 valence electrons. The first-order chi connectivity index (χ1) is 10.2. The van der Waals surface area contributed by atoms with E-state index in [4.69, 9.17) is 0 Å². The Morgan fingerprint density at radius 1 is 1.10 bits per heavy atom. The smallest absolute Gasteiger partial charge is 0.308 e. The maximum Gasteiger partial charge on any atom is 0.308 e. The van der Waals surface area contributed by atoms with Crippen molar-refractivity contribution in [1.82, 2.24) is 9.88 Å². The molecule has 2 N–H and O–H groups in total. The van der Waals surface area contributed by atoms with Gasteiger partial charge in [-0.2, -0.15) is 0 Å². The number of benzene rings is 1. The Morgan fingerprint density at radius 2 is 1.86 bits per heavy atom. The van der Waals surface area contributed by atoms with Crippen LogP contribution in [0.2, 0.25) is 0 Å². The molecule has 21 heavy (non-hydrogen) atoms. The number of likely N-dealkylation sites (tertiary alicyclic amines) is 1. The predicted molar refractivity (Wildman–Crippen MR) is 77.0 cm³/mol. The number of carbonyl (C=O) groups excluding carboxylic acids is 1. The van der Waals surface area contributed by atoms with Crippen molar-refractivity contribution in [3.63, 3.8) is 0 Å². The third-order valence-corrected chi connectivity index (χ3v) is 3.98. The summed E-state index contributed by atoms with van der Waals surface area (Å²) in [7, 11) is 0. The highest BCUT2D eigenvalue weighted by Crippen LogP contribution is 2.33. The number of nitrogens with zero attached hydrogens (tertiary/aromatic N) is 1. The summed E-state index contributed by atoms with van der Waals surface area (Å²) < 4.78 is 0. The molecule has 1 aromatic heterocycles. The van der Waals surface area contributed by atoms with Crippen molar-refractivity contribution in [2.75, 3.05) is 13.1 Å². The number of aromatic nitrogens is 1. The number of H-pyrrole nitrogens is 1. The number of aromatic amines is 1. The van der Waals surface area contributed by atoms with Gasteiger partial charge in [0, 0.05) is 25.2 Å². The highest BCUT2D eigenvalue weighted by Gasteiger charge is 2.40. The Kier molecular flexibility index (Phi) is 3.48. The fraction of sp³-hybridized carbons (Fsp3) is 0.250. The molecule has 1 aliphatic rings. The lowest BCUT2D eigenvalue weighted by molar-refractivity contribution is -0.141. The number of rotatable bonds is 3. The van der Waals surface area contributed by atoms with Crippen molar-refractivity contribution in [3.8, 4) is 0 Å². The minimum absolute atomic E-state index is 0.148. The van der Waals surface area contributed by atoms with Gasteiger partial charge in [0.1, 0.15) is 5.69 Å². The van der Waals surface area contributed by atoms with Crippen LogP contribution < -0.4 is 0 Å². The molecule has 0 aliphatic carbocycles. The first-order valence-corrected chi connectivity index (χ1v) is 6.87. The van der Waals surface area contributed by atoms with Gasteiger partial charge in [0.2, 0.25) is 0 Å². The third kappa shape index (κ3) is 2.54. The van der Waals surface area contributed by atoms with Crippen LogP contribution in [-0.2, 0) is 4.79 Å². The molecule has 0 unspecified atom stereocenters. The molecule has 0 radical (unpaired) electrons. The van der Waals surface area contributed by atoms with Crippen molar-refractivity contribution < 1.29 is 14.7 Å². The predicted octanol–water partition coefficient (Wildman–Crippen LogP) is 1.96. The van der Waals surface area contributed by atoms with Gasteiger partial charge in [-0.15, -0.1) is 0 Å². The lowest BCUT2D eigenvalue weighted by Gasteiger charge is -2.15. The van der Waals surface area contributed by atoms with Gasteiger partial charge in [-0.1, -0.05) is 30.3 Å². The molecule has 3 rings (SSSR count). The van der Waals surface area contributed by atoms with Gasteiger partial charge < -0.3 is 15.0 Å². The van der Waals surface area contributed by atoms with Crippen LogP contribution in [0.3, 0.4) is 0 Å². The molecule has 0 bridgehead atoms. The summed E-state index contributed by atoms with van der Waals surface area (Å²) in [6, 6.07) is 13.0. The van der Waals surface area contributed by atoms with E-state index in [9.17, 15) is 14.7 Å². The van der Waals surface area contributed by atoms with E-state index in [2.05, 4.69) is 4.98 Å². The van der Waals surface area contributed by atoms with Crippen LogP contribution in [0.4, 0.5) is 0 Å². The number of carboxylic acids is 1. The second-order valence-corrected chi connectivity index (χ2v) is 5.26. The Bertz CT molecular complexity index is 637. The highest BCUT2D eigenvalue weighted by atomic mass is 16.4. The van der Waals surface area contributed by atoms with Crippen LogP contribution in [0.15, 0.2) is 48.7 Å². The van der Waals surface area contributed by atoms with Gasteiger partial charge in [-0.3, -0.25) is 9.59 Å². The minimum Gasteiger partial charge on any atom is -0.481 e. The van der Waals surface area contributed by atoms with E-state index >= 15 is 0 Å². The minimum atomic E-state index is -0.856. The maximum atomic E-state index is 12.4. The van der Waals surface area contributed by atoms with Crippen molar-refractivity contribution in [3.05, 3.63) is 59.9 Å². The summed E-state index contributed by atoms with van der Waals surface area (Å²) in [6.45, 7) is 0.672. The summed E-state index contributed by atoms with van der Waals surface area (Å²) in [4.78, 5) is 28.3. The third-order valence-electron chi connectivity index (χ3n) is 3.98. The first-order valence-electron chi connectivity index (χ1n) is 6.87. The fourth-order valence-electron chi connectivity index (χ4n) is 2.89. The topological polar surface area (TPSA) is 73.4 Å². The fourth-order valence-corrected chi connectivity index (χ4v) is 2.89. The van der Waals surface area contributed by atoms with E-state index in [-0.39, 0.29) is 18.4 Å². The van der Waals surface area contributed by atoms with Gasteiger partial charge in [-0.25, -0.2) is 0 Å². The van der Waals surface area contributed by atoms with Gasteiger partial charge >= 0.3 is 5.97 Å². The second kappa shape index (κ2) is 5.44. The summed E-state index contributed by atoms with van der Waals surface area (Å²) in [5.74, 6) is -1.73. The van der Waals surface area contributed by atoms with E-state index in [1.165, 1.54) is 0 Å². The van der Waals surface area contributed by atoms with Crippen molar-refractivity contribution in [2.45, 2.75) is 5.92 Å². The Labute approximate surface area is 122 Å². The normalized spacial score (nSPS) is 21.4. The van der Waals surface area contributed by atoms with Gasteiger partial charge in [0.15, 0.2) is 0 Å². The highest BCUT2D eigenvalue weighted by molar-refractivity contribution is 5.93. The first kappa shape index (κ1) is 13.4. The van der Waals surface area contributed by atoms with Crippen LogP contribution in [0.1, 0.15) is 22.0 Å². The zero-order valence-electron chi connectivity index (χ0n) is 11.4. The summed E-state index contributed by atoms with van der Waals surface area (Å²) in [6.07, 6.45) is 1.69. The number of hydrogen-bond acceptors (Lipinski definition) is 2. The Balaban J connectivity index is 1.85. The van der Waals surface area contributed by atoms with Gasteiger partial charge in [-0.05, 0) is 17.7 Å². The van der Waals surface area contributed by atoms with E-state index in [0.29, 0.717) is 12.2 Å². The Morgan fingerprint density at radius 3 is 2.48 bits per heavy atom. The summed E-state index contributed by atoms with van der Waals surface area (Å²) in [5, 5.41) is 9.43. The van der Waals surface area contributed by atoms with E-state index in [0.717, 1.165) is 5.56 Å². The van der Waals surface area contributed by atoms with Crippen LogP contribution >= 0.6 is 0 Å².